The number of rotatable bonds is 5. The van der Waals surface area contributed by atoms with Crippen molar-refractivity contribution in [3.05, 3.63) is 50.9 Å². The first-order valence-corrected chi connectivity index (χ1v) is 8.82. The van der Waals surface area contributed by atoms with Crippen LogP contribution in [0, 0.1) is 0 Å². The summed E-state index contributed by atoms with van der Waals surface area (Å²) in [6.07, 6.45) is 0. The van der Waals surface area contributed by atoms with E-state index in [4.69, 9.17) is 23.2 Å². The van der Waals surface area contributed by atoms with Gasteiger partial charge in [0.15, 0.2) is 20.8 Å². The van der Waals surface area contributed by atoms with E-state index in [0.29, 0.717) is 5.56 Å². The number of Topliss-reactive ketones (excluding diaryl/α,β-unsaturated/α-hetero) is 1. The Bertz CT molecular complexity index is 726. The molecular formula is C12H9Cl2NO3S2. The Labute approximate surface area is 130 Å². The number of nitrogens with zero attached hydrogens (tertiary/aromatic N) is 1. The van der Waals surface area contributed by atoms with Crippen molar-refractivity contribution in [2.45, 2.75) is 5.75 Å². The molecule has 0 atom stereocenters. The normalized spacial score (nSPS) is 11.5. The molecule has 0 fully saturated rings. The molecule has 0 N–H and O–H groups in total. The molecule has 0 aliphatic heterocycles. The van der Waals surface area contributed by atoms with Crippen molar-refractivity contribution in [1.82, 2.24) is 4.37 Å². The van der Waals surface area contributed by atoms with E-state index in [1.54, 1.807) is 30.3 Å². The third kappa shape index (κ3) is 3.79. The highest BCUT2D eigenvalue weighted by atomic mass is 35.5. The fourth-order valence-corrected chi connectivity index (χ4v) is 4.18. The lowest BCUT2D eigenvalue weighted by atomic mass is 10.2. The Balaban J connectivity index is 2.13. The highest BCUT2D eigenvalue weighted by Crippen LogP contribution is 2.29. The Hall–Kier alpha value is -0.950. The third-order valence-electron chi connectivity index (χ3n) is 2.43. The van der Waals surface area contributed by atoms with Gasteiger partial charge in [0, 0.05) is 0 Å². The summed E-state index contributed by atoms with van der Waals surface area (Å²) in [5.74, 6) is -1.39. The summed E-state index contributed by atoms with van der Waals surface area (Å²) in [7, 11) is -3.56. The molecule has 0 saturated heterocycles. The minimum atomic E-state index is -3.56. The van der Waals surface area contributed by atoms with Crippen LogP contribution in [0.1, 0.15) is 15.2 Å². The van der Waals surface area contributed by atoms with Crippen LogP contribution >= 0.6 is 34.7 Å². The standard InChI is InChI=1S/C12H9Cl2NO3S2/c13-10-11(19-15-12(10)14)9(16)7-20(17,18)6-8-4-2-1-3-5-8/h1-5H,6-7H2. The lowest BCUT2D eigenvalue weighted by molar-refractivity contribution is 0.102. The van der Waals surface area contributed by atoms with Gasteiger partial charge in [0.05, 0.1) is 5.75 Å². The summed E-state index contributed by atoms with van der Waals surface area (Å²) in [6, 6.07) is 8.66. The van der Waals surface area contributed by atoms with Crippen molar-refractivity contribution in [2.75, 3.05) is 5.75 Å². The van der Waals surface area contributed by atoms with Crippen LogP contribution in [0.4, 0.5) is 0 Å². The van der Waals surface area contributed by atoms with Gasteiger partial charge in [0.25, 0.3) is 0 Å². The first-order valence-electron chi connectivity index (χ1n) is 5.47. The van der Waals surface area contributed by atoms with Crippen molar-refractivity contribution in [2.24, 2.45) is 0 Å². The molecular weight excluding hydrogens is 341 g/mol. The SMILES string of the molecule is O=C(CS(=O)(=O)Cc1ccccc1)c1snc(Cl)c1Cl. The van der Waals surface area contributed by atoms with Crippen molar-refractivity contribution < 1.29 is 13.2 Å². The van der Waals surface area contributed by atoms with Crippen LogP contribution in [0.15, 0.2) is 30.3 Å². The predicted molar refractivity (Wildman–Crippen MR) is 80.4 cm³/mol. The van der Waals surface area contributed by atoms with Crippen LogP contribution in [0.25, 0.3) is 0 Å². The van der Waals surface area contributed by atoms with Gasteiger partial charge in [-0.05, 0) is 17.1 Å². The number of carbonyl (C=O) groups is 1. The molecule has 0 radical (unpaired) electrons. The van der Waals surface area contributed by atoms with Gasteiger partial charge < -0.3 is 0 Å². The molecule has 0 aliphatic carbocycles. The van der Waals surface area contributed by atoms with Crippen molar-refractivity contribution >= 4 is 50.4 Å². The summed E-state index contributed by atoms with van der Waals surface area (Å²) in [5.41, 5.74) is 0.633. The van der Waals surface area contributed by atoms with Gasteiger partial charge in [0.2, 0.25) is 0 Å². The van der Waals surface area contributed by atoms with Crippen molar-refractivity contribution in [1.29, 1.82) is 0 Å². The third-order valence-corrected chi connectivity index (χ3v) is 5.75. The lowest BCUT2D eigenvalue weighted by Crippen LogP contribution is -2.17. The number of benzene rings is 1. The van der Waals surface area contributed by atoms with Crippen LogP contribution < -0.4 is 0 Å². The molecule has 0 bridgehead atoms. The summed E-state index contributed by atoms with van der Waals surface area (Å²) >= 11 is 12.2. The van der Waals surface area contributed by atoms with Crippen molar-refractivity contribution in [3.63, 3.8) is 0 Å². The van der Waals surface area contributed by atoms with Gasteiger partial charge >= 0.3 is 0 Å². The molecule has 1 aromatic heterocycles. The van der Waals surface area contributed by atoms with Crippen LogP contribution in [0.2, 0.25) is 10.2 Å². The van der Waals surface area contributed by atoms with Gasteiger partial charge in [-0.15, -0.1) is 0 Å². The average Bonchev–Trinajstić information content (AvgIpc) is 2.70. The van der Waals surface area contributed by atoms with E-state index >= 15 is 0 Å². The minimum Gasteiger partial charge on any atom is -0.292 e. The van der Waals surface area contributed by atoms with Gasteiger partial charge in [0.1, 0.15) is 15.7 Å². The van der Waals surface area contributed by atoms with E-state index in [0.717, 1.165) is 11.5 Å². The topological polar surface area (TPSA) is 64.1 Å². The molecule has 106 valence electrons. The first-order chi connectivity index (χ1) is 9.39. The number of sulfone groups is 1. The summed E-state index contributed by atoms with van der Waals surface area (Å²) < 4.78 is 27.7. The highest BCUT2D eigenvalue weighted by molar-refractivity contribution is 7.91. The molecule has 1 heterocycles. The summed E-state index contributed by atoms with van der Waals surface area (Å²) in [5, 5.41) is 0.0250. The van der Waals surface area contributed by atoms with E-state index in [9.17, 15) is 13.2 Å². The van der Waals surface area contributed by atoms with E-state index in [-0.39, 0.29) is 20.8 Å². The largest absolute Gasteiger partial charge is 0.292 e. The number of hydrogen-bond acceptors (Lipinski definition) is 5. The Kier molecular flexibility index (Phi) is 4.80. The molecule has 4 nitrogen and oxygen atoms in total. The Morgan fingerprint density at radius 2 is 1.85 bits per heavy atom. The highest BCUT2D eigenvalue weighted by Gasteiger charge is 2.23. The smallest absolute Gasteiger partial charge is 0.190 e. The maximum Gasteiger partial charge on any atom is 0.190 e. The quantitative estimate of drug-likeness (QED) is 0.777. The average molecular weight is 350 g/mol. The second-order valence-corrected chi connectivity index (χ2v) is 7.63. The number of carbonyl (C=O) groups excluding carboxylic acids is 1. The molecule has 20 heavy (non-hydrogen) atoms. The predicted octanol–water partition coefficient (Wildman–Crippen LogP) is 3.25. The monoisotopic (exact) mass is 349 g/mol. The van der Waals surface area contributed by atoms with E-state index < -0.39 is 21.4 Å². The van der Waals surface area contributed by atoms with Gasteiger partial charge in [-0.3, -0.25) is 4.79 Å². The molecule has 0 spiro atoms. The molecule has 8 heteroatoms. The fraction of sp³-hybridized carbons (Fsp3) is 0.167. The van der Waals surface area contributed by atoms with Crippen molar-refractivity contribution in [3.8, 4) is 0 Å². The molecule has 0 amide bonds. The summed E-state index contributed by atoms with van der Waals surface area (Å²) in [4.78, 5) is 12.0. The summed E-state index contributed by atoms with van der Waals surface area (Å²) in [6.45, 7) is 0. The molecule has 1 aromatic carbocycles. The molecule has 0 unspecified atom stereocenters. The van der Waals surface area contributed by atoms with Crippen LogP contribution in [0.5, 0.6) is 0 Å². The zero-order chi connectivity index (χ0) is 14.8. The number of halogens is 2. The Morgan fingerprint density at radius 1 is 1.20 bits per heavy atom. The number of hydrogen-bond donors (Lipinski definition) is 0. The Morgan fingerprint density at radius 3 is 2.40 bits per heavy atom. The van der Waals surface area contributed by atoms with Crippen LogP contribution in [-0.4, -0.2) is 24.3 Å². The molecule has 2 aromatic rings. The minimum absolute atomic E-state index is 0.0107. The molecule has 0 saturated carbocycles. The lowest BCUT2D eigenvalue weighted by Gasteiger charge is -2.03. The van der Waals surface area contributed by atoms with Crippen LogP contribution in [0.3, 0.4) is 0 Å². The van der Waals surface area contributed by atoms with Gasteiger partial charge in [-0.2, -0.15) is 4.37 Å². The number of aromatic nitrogens is 1. The van der Waals surface area contributed by atoms with E-state index in [1.807, 2.05) is 0 Å². The second kappa shape index (κ2) is 6.22. The number of ketones is 1. The van der Waals surface area contributed by atoms with E-state index in [2.05, 4.69) is 4.37 Å². The van der Waals surface area contributed by atoms with Gasteiger partial charge in [-0.1, -0.05) is 53.5 Å². The second-order valence-electron chi connectivity index (χ2n) is 4.06. The van der Waals surface area contributed by atoms with Crippen LogP contribution in [-0.2, 0) is 15.6 Å². The maximum absolute atomic E-state index is 12.0. The molecule has 2 rings (SSSR count). The first kappa shape index (κ1) is 15.4. The molecule has 0 aliphatic rings. The zero-order valence-electron chi connectivity index (χ0n) is 10.0. The van der Waals surface area contributed by atoms with Gasteiger partial charge in [-0.25, -0.2) is 8.42 Å². The fourth-order valence-electron chi connectivity index (χ4n) is 1.58. The maximum atomic E-state index is 12.0. The zero-order valence-corrected chi connectivity index (χ0v) is 13.2. The van der Waals surface area contributed by atoms with E-state index in [1.165, 1.54) is 0 Å².